The zero-order valence-electron chi connectivity index (χ0n) is 19.3. The Bertz CT molecular complexity index is 1260. The highest BCUT2D eigenvalue weighted by atomic mass is 16.2. The highest BCUT2D eigenvalue weighted by Crippen LogP contribution is 2.09. The summed E-state index contributed by atoms with van der Waals surface area (Å²) in [6.45, 7) is 5.68. The van der Waals surface area contributed by atoms with E-state index in [1.54, 1.807) is 19.1 Å². The molecule has 1 aromatic carbocycles. The molecule has 0 spiro atoms. The molecule has 3 amide bonds. The highest BCUT2D eigenvalue weighted by Gasteiger charge is 2.13. The van der Waals surface area contributed by atoms with E-state index in [2.05, 4.69) is 31.5 Å². The number of nitrogens with two attached hydrogens (primary N) is 1. The van der Waals surface area contributed by atoms with Crippen molar-refractivity contribution in [1.82, 2.24) is 30.6 Å². The quantitative estimate of drug-likeness (QED) is 0.314. The van der Waals surface area contributed by atoms with Gasteiger partial charge in [-0.05, 0) is 44.0 Å². The monoisotopic (exact) mass is 464 g/mol. The van der Waals surface area contributed by atoms with Crippen molar-refractivity contribution < 1.29 is 9.59 Å². The van der Waals surface area contributed by atoms with Crippen molar-refractivity contribution in [2.75, 3.05) is 11.2 Å². The van der Waals surface area contributed by atoms with Crippen molar-refractivity contribution in [3.63, 3.8) is 0 Å². The number of carbonyl (C=O) groups excluding carboxylic acids is 2. The number of amides is 3. The first-order chi connectivity index (χ1) is 16.2. The summed E-state index contributed by atoms with van der Waals surface area (Å²) in [5, 5.41) is 5.41. The second-order valence-corrected chi connectivity index (χ2v) is 7.76. The Hall–Kier alpha value is -4.41. The van der Waals surface area contributed by atoms with E-state index in [0.717, 1.165) is 16.8 Å². The minimum Gasteiger partial charge on any atom is -0.397 e. The second-order valence-electron chi connectivity index (χ2n) is 7.76. The summed E-state index contributed by atoms with van der Waals surface area (Å²) >= 11 is 0. The van der Waals surface area contributed by atoms with Crippen LogP contribution in [0.3, 0.4) is 0 Å². The SMILES string of the molecule is Cc1ccc(N)c(CNC(=O)Cn2c(C)cnc(NNC(=O)NCc3ccccc3C)c2=O)n1. The van der Waals surface area contributed by atoms with Crippen molar-refractivity contribution in [3.05, 3.63) is 81.2 Å². The summed E-state index contributed by atoms with van der Waals surface area (Å²) in [6.07, 6.45) is 1.43. The Labute approximate surface area is 196 Å². The fourth-order valence-corrected chi connectivity index (χ4v) is 3.14. The van der Waals surface area contributed by atoms with E-state index in [9.17, 15) is 14.4 Å². The second kappa shape index (κ2) is 10.9. The molecule has 6 N–H and O–H groups in total. The standard InChI is InChI=1S/C23H28N8O3/c1-14-6-4-5-7-17(14)11-27-23(34)30-29-21-22(33)31(16(3)10-26-21)13-20(32)25-12-19-18(24)9-8-15(2)28-19/h4-10H,11-13,24H2,1-3H3,(H,25,32)(H,26,29)(H2,27,30,34). The first kappa shape index (κ1) is 24.2. The van der Waals surface area contributed by atoms with E-state index in [1.165, 1.54) is 10.8 Å². The summed E-state index contributed by atoms with van der Waals surface area (Å²) < 4.78 is 1.25. The van der Waals surface area contributed by atoms with Gasteiger partial charge in [0.25, 0.3) is 5.56 Å². The first-order valence-corrected chi connectivity index (χ1v) is 10.6. The molecule has 0 saturated carbocycles. The fraction of sp³-hybridized carbons (Fsp3) is 0.261. The van der Waals surface area contributed by atoms with E-state index < -0.39 is 17.5 Å². The fourth-order valence-electron chi connectivity index (χ4n) is 3.14. The number of benzene rings is 1. The third-order valence-electron chi connectivity index (χ3n) is 5.15. The molecule has 0 aliphatic rings. The van der Waals surface area contributed by atoms with E-state index in [-0.39, 0.29) is 18.9 Å². The molecule has 0 bridgehead atoms. The molecule has 2 heterocycles. The minimum atomic E-state index is -0.553. The summed E-state index contributed by atoms with van der Waals surface area (Å²) in [4.78, 5) is 45.7. The van der Waals surface area contributed by atoms with E-state index in [1.807, 2.05) is 38.1 Å². The molecule has 11 heteroatoms. The van der Waals surface area contributed by atoms with Crippen LogP contribution in [0.1, 0.15) is 28.2 Å². The van der Waals surface area contributed by atoms with E-state index in [0.29, 0.717) is 23.6 Å². The van der Waals surface area contributed by atoms with Gasteiger partial charge in [-0.15, -0.1) is 0 Å². The molecule has 2 aromatic heterocycles. The number of aryl methyl sites for hydroxylation is 3. The van der Waals surface area contributed by atoms with Crippen molar-refractivity contribution in [2.24, 2.45) is 0 Å². The van der Waals surface area contributed by atoms with Crippen LogP contribution in [0.2, 0.25) is 0 Å². The molecule has 0 radical (unpaired) electrons. The number of pyridine rings is 1. The molecule has 3 aromatic rings. The van der Waals surface area contributed by atoms with Crippen molar-refractivity contribution in [1.29, 1.82) is 0 Å². The van der Waals surface area contributed by atoms with Gasteiger partial charge in [0.05, 0.1) is 17.9 Å². The summed E-state index contributed by atoms with van der Waals surface area (Å²) in [5.74, 6) is -0.511. The minimum absolute atomic E-state index is 0.117. The van der Waals surface area contributed by atoms with Crippen LogP contribution < -0.4 is 32.8 Å². The Kier molecular flexibility index (Phi) is 7.80. The smallest absolute Gasteiger partial charge is 0.333 e. The lowest BCUT2D eigenvalue weighted by atomic mass is 10.1. The Morgan fingerprint density at radius 1 is 1.03 bits per heavy atom. The maximum atomic E-state index is 12.8. The zero-order valence-corrected chi connectivity index (χ0v) is 19.3. The number of nitrogen functional groups attached to an aromatic ring is 1. The molecule has 0 fully saturated rings. The average molecular weight is 465 g/mol. The van der Waals surface area contributed by atoms with Gasteiger partial charge in [-0.2, -0.15) is 0 Å². The van der Waals surface area contributed by atoms with Gasteiger partial charge >= 0.3 is 6.03 Å². The number of urea groups is 1. The number of hydrogen-bond donors (Lipinski definition) is 5. The molecule has 0 atom stereocenters. The lowest BCUT2D eigenvalue weighted by molar-refractivity contribution is -0.121. The molecule has 0 saturated heterocycles. The lowest BCUT2D eigenvalue weighted by Gasteiger charge is -2.14. The molecule has 178 valence electrons. The largest absolute Gasteiger partial charge is 0.397 e. The number of rotatable bonds is 8. The number of nitrogens with one attached hydrogen (secondary N) is 4. The zero-order chi connectivity index (χ0) is 24.7. The number of hydrazine groups is 1. The van der Waals surface area contributed by atoms with Gasteiger partial charge in [0.1, 0.15) is 6.54 Å². The van der Waals surface area contributed by atoms with Crippen LogP contribution in [0.4, 0.5) is 16.3 Å². The number of aromatic nitrogens is 3. The summed E-state index contributed by atoms with van der Waals surface area (Å²) in [6, 6.07) is 10.7. The Balaban J connectivity index is 1.57. The first-order valence-electron chi connectivity index (χ1n) is 10.6. The number of carbonyl (C=O) groups is 2. The third kappa shape index (κ3) is 6.31. The Morgan fingerprint density at radius 3 is 2.56 bits per heavy atom. The van der Waals surface area contributed by atoms with Crippen molar-refractivity contribution >= 4 is 23.4 Å². The van der Waals surface area contributed by atoms with Gasteiger partial charge < -0.3 is 16.4 Å². The molecule has 0 aliphatic carbocycles. The molecule has 11 nitrogen and oxygen atoms in total. The van der Waals surface area contributed by atoms with Crippen LogP contribution in [0.5, 0.6) is 0 Å². The molecular weight excluding hydrogens is 436 g/mol. The predicted molar refractivity (Wildman–Crippen MR) is 129 cm³/mol. The predicted octanol–water partition coefficient (Wildman–Crippen LogP) is 1.29. The topological polar surface area (TPSA) is 156 Å². The number of hydrogen-bond acceptors (Lipinski definition) is 7. The van der Waals surface area contributed by atoms with E-state index in [4.69, 9.17) is 5.73 Å². The van der Waals surface area contributed by atoms with Crippen molar-refractivity contribution in [3.8, 4) is 0 Å². The highest BCUT2D eigenvalue weighted by molar-refractivity contribution is 5.76. The molecule has 3 rings (SSSR count). The van der Waals surface area contributed by atoms with Crippen LogP contribution in [0, 0.1) is 20.8 Å². The normalized spacial score (nSPS) is 10.4. The molecular formula is C23H28N8O3. The van der Waals surface area contributed by atoms with Crippen molar-refractivity contribution in [2.45, 2.75) is 40.4 Å². The van der Waals surface area contributed by atoms with Gasteiger partial charge in [-0.3, -0.25) is 30.0 Å². The van der Waals surface area contributed by atoms with Crippen LogP contribution >= 0.6 is 0 Å². The van der Waals surface area contributed by atoms with Gasteiger partial charge in [-0.25, -0.2) is 9.78 Å². The summed E-state index contributed by atoms with van der Waals surface area (Å²) in [5.41, 5.74) is 14.6. The van der Waals surface area contributed by atoms with Crippen LogP contribution in [0.25, 0.3) is 0 Å². The maximum Gasteiger partial charge on any atom is 0.333 e. The molecule has 0 unspecified atom stereocenters. The number of anilines is 2. The van der Waals surface area contributed by atoms with Crippen LogP contribution in [0.15, 0.2) is 47.4 Å². The average Bonchev–Trinajstić information content (AvgIpc) is 2.81. The maximum absolute atomic E-state index is 12.8. The summed E-state index contributed by atoms with van der Waals surface area (Å²) in [7, 11) is 0. The lowest BCUT2D eigenvalue weighted by Crippen LogP contribution is -2.42. The third-order valence-corrected chi connectivity index (χ3v) is 5.15. The van der Waals surface area contributed by atoms with Gasteiger partial charge in [-0.1, -0.05) is 24.3 Å². The Morgan fingerprint density at radius 2 is 1.79 bits per heavy atom. The van der Waals surface area contributed by atoms with Crippen LogP contribution in [-0.2, 0) is 24.4 Å². The van der Waals surface area contributed by atoms with Crippen LogP contribution in [-0.4, -0.2) is 26.5 Å². The molecule has 0 aliphatic heterocycles. The number of nitrogens with zero attached hydrogens (tertiary/aromatic N) is 3. The van der Waals surface area contributed by atoms with Gasteiger partial charge in [0.2, 0.25) is 11.7 Å². The van der Waals surface area contributed by atoms with E-state index >= 15 is 0 Å². The van der Waals surface area contributed by atoms with Gasteiger partial charge in [0.15, 0.2) is 0 Å². The molecule has 34 heavy (non-hydrogen) atoms. The van der Waals surface area contributed by atoms with Gasteiger partial charge in [0, 0.05) is 24.1 Å².